The van der Waals surface area contributed by atoms with E-state index >= 15 is 0 Å². The van der Waals surface area contributed by atoms with Crippen molar-refractivity contribution in [2.45, 2.75) is 50.8 Å². The molecule has 0 heterocycles. The fourth-order valence-electron chi connectivity index (χ4n) is 2.62. The van der Waals surface area contributed by atoms with Crippen LogP contribution >= 0.6 is 0 Å². The first-order chi connectivity index (χ1) is 7.33. The van der Waals surface area contributed by atoms with E-state index in [1.54, 1.807) is 0 Å². The van der Waals surface area contributed by atoms with Crippen molar-refractivity contribution in [2.24, 2.45) is 17.6 Å². The van der Waals surface area contributed by atoms with Crippen LogP contribution < -0.4 is 5.73 Å². The van der Waals surface area contributed by atoms with E-state index in [2.05, 4.69) is 0 Å². The zero-order valence-electron chi connectivity index (χ0n) is 9.56. The van der Waals surface area contributed by atoms with Crippen LogP contribution in [-0.4, -0.2) is 23.4 Å². The van der Waals surface area contributed by atoms with Crippen LogP contribution in [0.25, 0.3) is 0 Å². The lowest BCUT2D eigenvalue weighted by atomic mass is 9.71. The van der Waals surface area contributed by atoms with E-state index in [1.807, 2.05) is 6.92 Å². The summed E-state index contributed by atoms with van der Waals surface area (Å²) in [5.41, 5.74) is 4.56. The fourth-order valence-corrected chi connectivity index (χ4v) is 2.62. The fraction of sp³-hybridized carbons (Fsp3) is 1.00. The third-order valence-electron chi connectivity index (χ3n) is 3.85. The predicted octanol–water partition coefficient (Wildman–Crippen LogP) is 2.45. The predicted molar refractivity (Wildman–Crippen MR) is 55.8 cm³/mol. The topological polar surface area (TPSA) is 46.2 Å². The van der Waals surface area contributed by atoms with Crippen LogP contribution in [0.4, 0.5) is 13.2 Å². The third kappa shape index (κ3) is 2.88. The molecule has 0 spiro atoms. The van der Waals surface area contributed by atoms with Gasteiger partial charge in [0.25, 0.3) is 0 Å². The molecule has 0 bridgehead atoms. The number of hydrogen-bond donors (Lipinski definition) is 2. The van der Waals surface area contributed by atoms with Gasteiger partial charge >= 0.3 is 6.18 Å². The van der Waals surface area contributed by atoms with E-state index in [-0.39, 0.29) is 31.6 Å². The zero-order valence-corrected chi connectivity index (χ0v) is 9.56. The summed E-state index contributed by atoms with van der Waals surface area (Å²) in [5.74, 6) is -1.33. The molecule has 0 amide bonds. The lowest BCUT2D eigenvalue weighted by molar-refractivity contribution is -0.196. The third-order valence-corrected chi connectivity index (χ3v) is 3.85. The second kappa shape index (κ2) is 4.92. The van der Waals surface area contributed by atoms with Crippen molar-refractivity contribution in [3.05, 3.63) is 0 Å². The van der Waals surface area contributed by atoms with Gasteiger partial charge in [0, 0.05) is 0 Å². The molecule has 96 valence electrons. The second-order valence-electron chi connectivity index (χ2n) is 4.76. The summed E-state index contributed by atoms with van der Waals surface area (Å²) in [6.07, 6.45) is -2.93. The van der Waals surface area contributed by atoms with Crippen LogP contribution in [0.5, 0.6) is 0 Å². The summed E-state index contributed by atoms with van der Waals surface area (Å²) in [6, 6.07) is 0. The first-order valence-electron chi connectivity index (χ1n) is 5.82. The van der Waals surface area contributed by atoms with E-state index < -0.39 is 17.7 Å². The number of nitrogens with two attached hydrogens (primary N) is 1. The highest BCUT2D eigenvalue weighted by molar-refractivity contribution is 4.92. The van der Waals surface area contributed by atoms with Crippen molar-refractivity contribution in [3.8, 4) is 0 Å². The SMILES string of the molecule is CCC(CN)C1(O)CCC(C(F)(F)F)CC1. The van der Waals surface area contributed by atoms with Crippen molar-refractivity contribution in [1.82, 2.24) is 0 Å². The lowest BCUT2D eigenvalue weighted by Crippen LogP contribution is -2.46. The molecule has 0 aromatic rings. The van der Waals surface area contributed by atoms with Crippen LogP contribution in [0.15, 0.2) is 0 Å². The first kappa shape index (κ1) is 13.8. The van der Waals surface area contributed by atoms with Gasteiger partial charge in [-0.25, -0.2) is 0 Å². The van der Waals surface area contributed by atoms with Crippen LogP contribution in [0.1, 0.15) is 39.0 Å². The molecular formula is C11H20F3NO. The molecule has 0 aliphatic heterocycles. The number of aliphatic hydroxyl groups is 1. The molecule has 2 nitrogen and oxygen atoms in total. The Hall–Kier alpha value is -0.290. The molecule has 16 heavy (non-hydrogen) atoms. The zero-order chi connectivity index (χ0) is 12.4. The maximum absolute atomic E-state index is 12.5. The van der Waals surface area contributed by atoms with Crippen molar-refractivity contribution in [2.75, 3.05) is 6.54 Å². The normalized spacial score (nSPS) is 33.8. The maximum Gasteiger partial charge on any atom is 0.391 e. The smallest absolute Gasteiger partial charge is 0.390 e. The van der Waals surface area contributed by atoms with Crippen LogP contribution in [0.3, 0.4) is 0 Å². The van der Waals surface area contributed by atoms with Crippen molar-refractivity contribution in [1.29, 1.82) is 0 Å². The Labute approximate surface area is 94.0 Å². The van der Waals surface area contributed by atoms with Gasteiger partial charge in [0.05, 0.1) is 11.5 Å². The van der Waals surface area contributed by atoms with Crippen LogP contribution in [-0.2, 0) is 0 Å². The average Bonchev–Trinajstić information content (AvgIpc) is 2.18. The van der Waals surface area contributed by atoms with Gasteiger partial charge in [-0.15, -0.1) is 0 Å². The van der Waals surface area contributed by atoms with Gasteiger partial charge in [0.2, 0.25) is 0 Å². The van der Waals surface area contributed by atoms with Gasteiger partial charge in [0.15, 0.2) is 0 Å². The Balaban J connectivity index is 2.59. The highest BCUT2D eigenvalue weighted by Crippen LogP contribution is 2.44. The minimum absolute atomic E-state index is 0.0243. The molecule has 1 atom stereocenters. The highest BCUT2D eigenvalue weighted by Gasteiger charge is 2.47. The molecule has 0 aromatic carbocycles. The summed E-state index contributed by atoms with van der Waals surface area (Å²) in [4.78, 5) is 0. The quantitative estimate of drug-likeness (QED) is 0.794. The molecule has 1 saturated carbocycles. The minimum Gasteiger partial charge on any atom is -0.390 e. The molecular weight excluding hydrogens is 219 g/mol. The van der Waals surface area contributed by atoms with E-state index in [9.17, 15) is 18.3 Å². The highest BCUT2D eigenvalue weighted by atomic mass is 19.4. The van der Waals surface area contributed by atoms with Crippen molar-refractivity contribution in [3.63, 3.8) is 0 Å². The molecule has 1 fully saturated rings. The number of rotatable bonds is 3. The largest absolute Gasteiger partial charge is 0.391 e. The number of halogens is 3. The van der Waals surface area contributed by atoms with Gasteiger partial charge in [-0.3, -0.25) is 0 Å². The number of alkyl halides is 3. The molecule has 1 rings (SSSR count). The molecule has 1 unspecified atom stereocenters. The monoisotopic (exact) mass is 239 g/mol. The van der Waals surface area contributed by atoms with E-state index in [0.717, 1.165) is 0 Å². The summed E-state index contributed by atoms with van der Waals surface area (Å²) >= 11 is 0. The van der Waals surface area contributed by atoms with Crippen molar-refractivity contribution < 1.29 is 18.3 Å². The van der Waals surface area contributed by atoms with Gasteiger partial charge in [-0.05, 0) is 44.6 Å². The Morgan fingerprint density at radius 3 is 2.19 bits per heavy atom. The van der Waals surface area contributed by atoms with Gasteiger partial charge in [0.1, 0.15) is 0 Å². The first-order valence-corrected chi connectivity index (χ1v) is 5.82. The summed E-state index contributed by atoms with van der Waals surface area (Å²) in [6.45, 7) is 2.25. The Kier molecular flexibility index (Phi) is 4.23. The molecule has 3 N–H and O–H groups in total. The summed E-state index contributed by atoms with van der Waals surface area (Å²) < 4.78 is 37.4. The molecule has 5 heteroatoms. The maximum atomic E-state index is 12.5. The summed E-state index contributed by atoms with van der Waals surface area (Å²) in [7, 11) is 0. The molecule has 1 aliphatic rings. The van der Waals surface area contributed by atoms with Crippen molar-refractivity contribution >= 4 is 0 Å². The number of hydrogen-bond acceptors (Lipinski definition) is 2. The second-order valence-corrected chi connectivity index (χ2v) is 4.76. The Morgan fingerprint density at radius 1 is 1.38 bits per heavy atom. The van der Waals surface area contributed by atoms with E-state index in [1.165, 1.54) is 0 Å². The van der Waals surface area contributed by atoms with Crippen LogP contribution in [0, 0.1) is 11.8 Å². The Morgan fingerprint density at radius 2 is 1.88 bits per heavy atom. The molecule has 0 aromatic heterocycles. The summed E-state index contributed by atoms with van der Waals surface area (Å²) in [5, 5.41) is 10.3. The standard InChI is InChI=1S/C11H20F3NO/c1-2-8(7-15)10(16)5-3-9(4-6-10)11(12,13)14/h8-9,16H,2-7,15H2,1H3. The minimum atomic E-state index is -4.12. The van der Waals surface area contributed by atoms with E-state index in [4.69, 9.17) is 5.73 Å². The van der Waals surface area contributed by atoms with Gasteiger partial charge < -0.3 is 10.8 Å². The molecule has 1 aliphatic carbocycles. The van der Waals surface area contributed by atoms with E-state index in [0.29, 0.717) is 13.0 Å². The molecule has 0 radical (unpaired) electrons. The molecule has 0 saturated heterocycles. The van der Waals surface area contributed by atoms with Crippen LogP contribution in [0.2, 0.25) is 0 Å². The average molecular weight is 239 g/mol. The van der Waals surface area contributed by atoms with Gasteiger partial charge in [-0.1, -0.05) is 6.92 Å². The van der Waals surface area contributed by atoms with Gasteiger partial charge in [-0.2, -0.15) is 13.2 Å². The lowest BCUT2D eigenvalue weighted by Gasteiger charge is -2.41. The Bertz CT molecular complexity index is 218.